The van der Waals surface area contributed by atoms with E-state index in [1.54, 1.807) is 0 Å². The van der Waals surface area contributed by atoms with Crippen molar-refractivity contribution in [2.24, 2.45) is 5.92 Å². The van der Waals surface area contributed by atoms with Crippen molar-refractivity contribution < 1.29 is 13.6 Å². The average molecular weight is 291 g/mol. The third-order valence-electron chi connectivity index (χ3n) is 3.17. The van der Waals surface area contributed by atoms with Crippen LogP contribution in [0.25, 0.3) is 0 Å². The molecule has 19 heavy (non-hydrogen) atoms. The lowest BCUT2D eigenvalue weighted by Gasteiger charge is -2.09. The quantitative estimate of drug-likeness (QED) is 0.895. The first-order valence-corrected chi connectivity index (χ1v) is 6.11. The highest BCUT2D eigenvalue weighted by Crippen LogP contribution is 2.18. The standard InChI is InChI=1S/C13H16F2N2O.ClH/c14-10-2-1-3-11(13(10)15)17-12(18)5-4-9-6-7-16-8-9;/h1-3,9,16H,4-8H2,(H,17,18);1H. The van der Waals surface area contributed by atoms with E-state index >= 15 is 0 Å². The van der Waals surface area contributed by atoms with Crippen LogP contribution in [0.4, 0.5) is 14.5 Å². The first-order chi connectivity index (χ1) is 8.66. The maximum Gasteiger partial charge on any atom is 0.224 e. The summed E-state index contributed by atoms with van der Waals surface area (Å²) in [4.78, 5) is 11.6. The van der Waals surface area contributed by atoms with Crippen LogP contribution in [0.1, 0.15) is 19.3 Å². The molecule has 0 aliphatic carbocycles. The summed E-state index contributed by atoms with van der Waals surface area (Å²) < 4.78 is 26.2. The summed E-state index contributed by atoms with van der Waals surface area (Å²) in [6.07, 6.45) is 2.18. The molecule has 1 aromatic carbocycles. The maximum atomic E-state index is 13.3. The molecular weight excluding hydrogens is 274 g/mol. The Bertz CT molecular complexity index is 437. The van der Waals surface area contributed by atoms with Crippen molar-refractivity contribution >= 4 is 24.0 Å². The van der Waals surface area contributed by atoms with E-state index in [4.69, 9.17) is 0 Å². The second-order valence-corrected chi connectivity index (χ2v) is 4.55. The van der Waals surface area contributed by atoms with Crippen LogP contribution in [0.3, 0.4) is 0 Å². The number of halogens is 3. The minimum Gasteiger partial charge on any atom is -0.324 e. The van der Waals surface area contributed by atoms with Gasteiger partial charge in [-0.05, 0) is 44.0 Å². The zero-order valence-corrected chi connectivity index (χ0v) is 11.2. The molecule has 1 unspecified atom stereocenters. The van der Waals surface area contributed by atoms with Gasteiger partial charge in [-0.15, -0.1) is 12.4 Å². The number of benzene rings is 1. The monoisotopic (exact) mass is 290 g/mol. The van der Waals surface area contributed by atoms with Crippen molar-refractivity contribution in [1.82, 2.24) is 5.32 Å². The molecule has 1 fully saturated rings. The topological polar surface area (TPSA) is 41.1 Å². The summed E-state index contributed by atoms with van der Waals surface area (Å²) in [7, 11) is 0. The van der Waals surface area contributed by atoms with Crippen LogP contribution in [0.15, 0.2) is 18.2 Å². The van der Waals surface area contributed by atoms with E-state index in [2.05, 4.69) is 10.6 Å². The molecule has 2 N–H and O–H groups in total. The van der Waals surface area contributed by atoms with E-state index in [1.165, 1.54) is 12.1 Å². The minimum absolute atomic E-state index is 0. The predicted molar refractivity (Wildman–Crippen MR) is 72.4 cm³/mol. The summed E-state index contributed by atoms with van der Waals surface area (Å²) in [6.45, 7) is 1.92. The normalized spacial score (nSPS) is 17.9. The minimum atomic E-state index is -1.01. The van der Waals surface area contributed by atoms with Gasteiger partial charge >= 0.3 is 0 Å². The van der Waals surface area contributed by atoms with Crippen LogP contribution in [-0.2, 0) is 4.79 Å². The van der Waals surface area contributed by atoms with E-state index in [-0.39, 0.29) is 24.0 Å². The fraction of sp³-hybridized carbons (Fsp3) is 0.462. The first kappa shape index (κ1) is 15.9. The van der Waals surface area contributed by atoms with E-state index in [0.717, 1.165) is 32.0 Å². The Kier molecular flexibility index (Phi) is 6.18. The summed E-state index contributed by atoms with van der Waals surface area (Å²) >= 11 is 0. The van der Waals surface area contributed by atoms with Gasteiger partial charge in [0.2, 0.25) is 5.91 Å². The molecule has 2 rings (SSSR count). The van der Waals surface area contributed by atoms with Gasteiger partial charge in [-0.3, -0.25) is 4.79 Å². The van der Waals surface area contributed by atoms with Gasteiger partial charge in [-0.1, -0.05) is 6.07 Å². The Morgan fingerprint density at radius 1 is 1.42 bits per heavy atom. The maximum absolute atomic E-state index is 13.3. The Hall–Kier alpha value is -1.20. The van der Waals surface area contributed by atoms with E-state index in [9.17, 15) is 13.6 Å². The van der Waals surface area contributed by atoms with Crippen LogP contribution in [-0.4, -0.2) is 19.0 Å². The second kappa shape index (κ2) is 7.40. The molecule has 0 spiro atoms. The Morgan fingerprint density at radius 2 is 2.21 bits per heavy atom. The average Bonchev–Trinajstić information content (AvgIpc) is 2.86. The number of anilines is 1. The summed E-state index contributed by atoms with van der Waals surface area (Å²) in [5, 5.41) is 5.62. The van der Waals surface area contributed by atoms with Gasteiger partial charge in [0.1, 0.15) is 0 Å². The summed E-state index contributed by atoms with van der Waals surface area (Å²) in [6, 6.07) is 3.75. The first-order valence-electron chi connectivity index (χ1n) is 6.11. The van der Waals surface area contributed by atoms with Gasteiger partial charge in [0.05, 0.1) is 5.69 Å². The van der Waals surface area contributed by atoms with Crippen LogP contribution >= 0.6 is 12.4 Å². The summed E-state index contributed by atoms with van der Waals surface area (Å²) in [5.41, 5.74) is -0.0930. The number of hydrogen-bond donors (Lipinski definition) is 2. The highest BCUT2D eigenvalue weighted by Gasteiger charge is 2.16. The van der Waals surface area contributed by atoms with Gasteiger partial charge in [0.25, 0.3) is 0 Å². The van der Waals surface area contributed by atoms with E-state index in [0.29, 0.717) is 12.3 Å². The van der Waals surface area contributed by atoms with Gasteiger partial charge in [-0.25, -0.2) is 8.78 Å². The number of hydrogen-bond acceptors (Lipinski definition) is 2. The molecule has 1 aliphatic rings. The van der Waals surface area contributed by atoms with Crippen molar-refractivity contribution in [3.63, 3.8) is 0 Å². The van der Waals surface area contributed by atoms with E-state index < -0.39 is 11.6 Å². The van der Waals surface area contributed by atoms with Gasteiger partial charge < -0.3 is 10.6 Å². The number of nitrogens with one attached hydrogen (secondary N) is 2. The molecular formula is C13H17ClF2N2O. The third kappa shape index (κ3) is 4.44. The number of carbonyl (C=O) groups excluding carboxylic acids is 1. The molecule has 1 aromatic rings. The van der Waals surface area contributed by atoms with Gasteiger partial charge in [0.15, 0.2) is 11.6 Å². The summed E-state index contributed by atoms with van der Waals surface area (Å²) in [5.74, 6) is -1.72. The second-order valence-electron chi connectivity index (χ2n) is 4.55. The molecule has 1 aliphatic heterocycles. The largest absolute Gasteiger partial charge is 0.324 e. The lowest BCUT2D eigenvalue weighted by atomic mass is 10.0. The molecule has 1 heterocycles. The third-order valence-corrected chi connectivity index (χ3v) is 3.17. The lowest BCUT2D eigenvalue weighted by molar-refractivity contribution is -0.116. The number of rotatable bonds is 4. The van der Waals surface area contributed by atoms with E-state index in [1.807, 2.05) is 0 Å². The lowest BCUT2D eigenvalue weighted by Crippen LogP contribution is -2.15. The molecule has 106 valence electrons. The fourth-order valence-electron chi connectivity index (χ4n) is 2.11. The zero-order valence-electron chi connectivity index (χ0n) is 10.4. The van der Waals surface area contributed by atoms with Crippen LogP contribution in [0.2, 0.25) is 0 Å². The molecule has 0 radical (unpaired) electrons. The Balaban J connectivity index is 0.00000180. The SMILES string of the molecule is Cl.O=C(CCC1CCNC1)Nc1cccc(F)c1F. The zero-order chi connectivity index (χ0) is 13.0. The van der Waals surface area contributed by atoms with Crippen molar-refractivity contribution in [2.45, 2.75) is 19.3 Å². The van der Waals surface area contributed by atoms with Crippen LogP contribution in [0, 0.1) is 17.6 Å². The Morgan fingerprint density at radius 3 is 2.89 bits per heavy atom. The van der Waals surface area contributed by atoms with Crippen molar-refractivity contribution in [3.05, 3.63) is 29.8 Å². The van der Waals surface area contributed by atoms with Crippen molar-refractivity contribution in [3.8, 4) is 0 Å². The fourth-order valence-corrected chi connectivity index (χ4v) is 2.11. The molecule has 1 saturated heterocycles. The smallest absolute Gasteiger partial charge is 0.224 e. The van der Waals surface area contributed by atoms with Gasteiger partial charge in [-0.2, -0.15) is 0 Å². The van der Waals surface area contributed by atoms with Crippen molar-refractivity contribution in [2.75, 3.05) is 18.4 Å². The highest BCUT2D eigenvalue weighted by atomic mass is 35.5. The molecule has 0 aromatic heterocycles. The Labute approximate surface area is 117 Å². The predicted octanol–water partition coefficient (Wildman–Crippen LogP) is 2.71. The van der Waals surface area contributed by atoms with Gasteiger partial charge in [0, 0.05) is 6.42 Å². The molecule has 6 heteroatoms. The van der Waals surface area contributed by atoms with Crippen LogP contribution in [0.5, 0.6) is 0 Å². The number of amides is 1. The van der Waals surface area contributed by atoms with Crippen molar-refractivity contribution in [1.29, 1.82) is 0 Å². The molecule has 0 saturated carbocycles. The van der Waals surface area contributed by atoms with Crippen LogP contribution < -0.4 is 10.6 Å². The molecule has 0 bridgehead atoms. The molecule has 3 nitrogen and oxygen atoms in total. The molecule has 1 amide bonds. The molecule has 1 atom stereocenters. The number of carbonyl (C=O) groups is 1. The highest BCUT2D eigenvalue weighted by molar-refractivity contribution is 5.90.